The molecular weight excluding hydrogens is 376 g/mol. The predicted molar refractivity (Wildman–Crippen MR) is 129 cm³/mol. The molecule has 0 saturated carbocycles. The van der Waals surface area contributed by atoms with Gasteiger partial charge in [-0.25, -0.2) is 0 Å². The van der Waals surface area contributed by atoms with E-state index in [0.717, 1.165) is 22.3 Å². The molecule has 0 heterocycles. The minimum atomic E-state index is -1.36. The van der Waals surface area contributed by atoms with Gasteiger partial charge < -0.3 is 39.5 Å². The average molecular weight is 417 g/mol. The Morgan fingerprint density at radius 2 is 1.20 bits per heavy atom. The van der Waals surface area contributed by atoms with Crippen molar-refractivity contribution >= 4 is 0 Å². The molecule has 30 heavy (non-hydrogen) atoms. The van der Waals surface area contributed by atoms with Gasteiger partial charge in [-0.1, -0.05) is 60.0 Å². The highest BCUT2D eigenvalue weighted by Gasteiger charge is 2.30. The Hall–Kier alpha value is -2.28. The van der Waals surface area contributed by atoms with Crippen molar-refractivity contribution in [2.45, 2.75) is 19.4 Å². The van der Waals surface area contributed by atoms with Crippen LogP contribution in [0.25, 0.3) is 0 Å². The third-order valence-corrected chi connectivity index (χ3v) is 3.67. The number of rotatable bonds is 5. The molecule has 2 rings (SSSR count). The Morgan fingerprint density at radius 3 is 1.53 bits per heavy atom. The second kappa shape index (κ2) is 18.7. The highest BCUT2D eigenvalue weighted by Crippen LogP contribution is 2.31. The molecule has 0 aliphatic carbocycles. The number of aliphatic hydroxyl groups is 1. The van der Waals surface area contributed by atoms with Crippen molar-refractivity contribution in [3.63, 3.8) is 0 Å². The zero-order chi connectivity index (χ0) is 23.4. The third-order valence-electron chi connectivity index (χ3n) is 3.67. The fourth-order valence-electron chi connectivity index (χ4n) is 2.22. The highest BCUT2D eigenvalue weighted by atomic mass is 16.3. The zero-order valence-electron chi connectivity index (χ0n) is 18.4. The van der Waals surface area contributed by atoms with Crippen LogP contribution in [0.5, 0.6) is 0 Å². The largest absolute Gasteiger partial charge is 0.369 e. The minimum absolute atomic E-state index is 0.597. The molecule has 0 fully saturated rings. The number of terminal acetylenes is 1. The van der Waals surface area contributed by atoms with Gasteiger partial charge in [0, 0.05) is 50.4 Å². The van der Waals surface area contributed by atoms with E-state index >= 15 is 0 Å². The van der Waals surface area contributed by atoms with E-state index in [-0.39, 0.29) is 0 Å². The van der Waals surface area contributed by atoms with Crippen LogP contribution in [0.2, 0.25) is 0 Å². The van der Waals surface area contributed by atoms with Crippen molar-refractivity contribution < 1.29 is 5.11 Å². The molecule has 2 aromatic carbocycles. The summed E-state index contributed by atoms with van der Waals surface area (Å²) in [6.45, 7) is 7.57. The van der Waals surface area contributed by atoms with Crippen molar-refractivity contribution in [3.8, 4) is 12.3 Å². The van der Waals surface area contributed by atoms with Crippen LogP contribution in [0.3, 0.4) is 0 Å². The fraction of sp³-hybridized carbons (Fsp3) is 0.391. The molecule has 0 bridgehead atoms. The predicted octanol–water partition coefficient (Wildman–Crippen LogP) is -0.116. The fourth-order valence-corrected chi connectivity index (χ4v) is 2.22. The normalized spacial score (nSPS) is 11.2. The lowest BCUT2D eigenvalue weighted by atomic mass is 9.84. The Kier molecular flexibility index (Phi) is 18.7. The average Bonchev–Trinajstić information content (AvgIpc) is 2.79. The van der Waals surface area contributed by atoms with E-state index in [1.54, 1.807) is 0 Å². The van der Waals surface area contributed by atoms with Gasteiger partial charge in [-0.15, -0.1) is 6.42 Å². The zero-order valence-corrected chi connectivity index (χ0v) is 18.4. The van der Waals surface area contributed by atoms with E-state index in [1.165, 1.54) is 0 Å². The Morgan fingerprint density at radius 1 is 0.767 bits per heavy atom. The van der Waals surface area contributed by atoms with Crippen molar-refractivity contribution in [2.75, 3.05) is 39.3 Å². The van der Waals surface area contributed by atoms with E-state index in [1.807, 2.05) is 62.4 Å². The van der Waals surface area contributed by atoms with E-state index in [2.05, 4.69) is 5.92 Å². The summed E-state index contributed by atoms with van der Waals surface area (Å²) in [6, 6.07) is 15.2. The first-order chi connectivity index (χ1) is 14.3. The maximum absolute atomic E-state index is 10.8. The SMILES string of the molecule is C#CC(O)(c1ccccc1)c1ccc(C)cc1C.NCCN.NCCN.NCCN. The van der Waals surface area contributed by atoms with Crippen molar-refractivity contribution in [2.24, 2.45) is 34.4 Å². The summed E-state index contributed by atoms with van der Waals surface area (Å²) < 4.78 is 0. The summed E-state index contributed by atoms with van der Waals surface area (Å²) >= 11 is 0. The first-order valence-electron chi connectivity index (χ1n) is 9.86. The monoisotopic (exact) mass is 416 g/mol. The van der Waals surface area contributed by atoms with Crippen molar-refractivity contribution in [1.82, 2.24) is 0 Å². The molecule has 7 heteroatoms. The van der Waals surface area contributed by atoms with Crippen molar-refractivity contribution in [3.05, 3.63) is 70.8 Å². The van der Waals surface area contributed by atoms with Crippen LogP contribution in [-0.4, -0.2) is 44.4 Å². The van der Waals surface area contributed by atoms with Crippen LogP contribution in [0, 0.1) is 26.2 Å². The molecule has 13 N–H and O–H groups in total. The molecule has 0 saturated heterocycles. The van der Waals surface area contributed by atoms with Gasteiger partial charge in [0.25, 0.3) is 0 Å². The number of hydrogen-bond acceptors (Lipinski definition) is 7. The smallest absolute Gasteiger partial charge is 0.176 e. The quantitative estimate of drug-likeness (QED) is 0.332. The number of benzene rings is 2. The molecule has 0 spiro atoms. The maximum Gasteiger partial charge on any atom is 0.176 e. The van der Waals surface area contributed by atoms with Gasteiger partial charge in [0.05, 0.1) is 0 Å². The third kappa shape index (κ3) is 11.7. The van der Waals surface area contributed by atoms with E-state index in [9.17, 15) is 5.11 Å². The number of nitrogens with two attached hydrogens (primary N) is 6. The van der Waals surface area contributed by atoms with Gasteiger partial charge in [-0.3, -0.25) is 0 Å². The molecular formula is C23H40N6O. The molecule has 2 aromatic rings. The summed E-state index contributed by atoms with van der Waals surface area (Å²) in [5.41, 5.74) is 31.7. The van der Waals surface area contributed by atoms with Crippen LogP contribution < -0.4 is 34.4 Å². The minimum Gasteiger partial charge on any atom is -0.369 e. The molecule has 7 nitrogen and oxygen atoms in total. The summed E-state index contributed by atoms with van der Waals surface area (Å²) in [5.74, 6) is 2.53. The highest BCUT2D eigenvalue weighted by molar-refractivity contribution is 5.47. The molecule has 168 valence electrons. The van der Waals surface area contributed by atoms with Gasteiger partial charge in [0.1, 0.15) is 0 Å². The van der Waals surface area contributed by atoms with Gasteiger partial charge in [-0.2, -0.15) is 0 Å². The van der Waals surface area contributed by atoms with E-state index in [0.29, 0.717) is 39.3 Å². The molecule has 0 aliphatic heterocycles. The van der Waals surface area contributed by atoms with Crippen LogP contribution >= 0.6 is 0 Å². The Labute approximate surface area is 181 Å². The number of hydrogen-bond donors (Lipinski definition) is 7. The second-order valence-electron chi connectivity index (χ2n) is 6.27. The van der Waals surface area contributed by atoms with Crippen LogP contribution in [0.4, 0.5) is 0 Å². The van der Waals surface area contributed by atoms with Gasteiger partial charge >= 0.3 is 0 Å². The van der Waals surface area contributed by atoms with Crippen LogP contribution in [0.1, 0.15) is 22.3 Å². The topological polar surface area (TPSA) is 176 Å². The summed E-state index contributed by atoms with van der Waals surface area (Å²) in [4.78, 5) is 0. The molecule has 1 atom stereocenters. The maximum atomic E-state index is 10.8. The summed E-state index contributed by atoms with van der Waals surface area (Å²) in [6.07, 6.45) is 5.58. The lowest BCUT2D eigenvalue weighted by Gasteiger charge is -2.25. The summed E-state index contributed by atoms with van der Waals surface area (Å²) in [5, 5.41) is 10.8. The molecule has 0 radical (unpaired) electrons. The van der Waals surface area contributed by atoms with Gasteiger partial charge in [0.2, 0.25) is 0 Å². The van der Waals surface area contributed by atoms with Crippen LogP contribution in [-0.2, 0) is 5.60 Å². The molecule has 0 aliphatic rings. The van der Waals surface area contributed by atoms with Crippen LogP contribution in [0.15, 0.2) is 48.5 Å². The Balaban J connectivity index is 0. The Bertz CT molecular complexity index is 687. The van der Waals surface area contributed by atoms with Gasteiger partial charge in [-0.05, 0) is 19.4 Å². The summed E-state index contributed by atoms with van der Waals surface area (Å²) in [7, 11) is 0. The van der Waals surface area contributed by atoms with Gasteiger partial charge in [0.15, 0.2) is 5.60 Å². The standard InChI is InChI=1S/C17H16O.3C2H8N2/c1-4-17(18,15-8-6-5-7-9-15)16-11-10-13(2)12-14(16)3;3*3-1-2-4/h1,5-12,18H,2-3H3;3*1-4H2. The first-order valence-corrected chi connectivity index (χ1v) is 9.86. The van der Waals surface area contributed by atoms with E-state index in [4.69, 9.17) is 40.8 Å². The number of aryl methyl sites for hydroxylation is 2. The lowest BCUT2D eigenvalue weighted by Crippen LogP contribution is -2.26. The lowest BCUT2D eigenvalue weighted by molar-refractivity contribution is 0.144. The molecule has 0 amide bonds. The van der Waals surface area contributed by atoms with Crippen molar-refractivity contribution in [1.29, 1.82) is 0 Å². The molecule has 0 aromatic heterocycles. The van der Waals surface area contributed by atoms with E-state index < -0.39 is 5.60 Å². The second-order valence-corrected chi connectivity index (χ2v) is 6.27. The first kappa shape index (κ1) is 29.9. The molecule has 1 unspecified atom stereocenters.